The van der Waals surface area contributed by atoms with Gasteiger partial charge in [0.25, 0.3) is 0 Å². The molecule has 0 aliphatic heterocycles. The van der Waals surface area contributed by atoms with E-state index in [2.05, 4.69) is 84.8 Å². The first kappa shape index (κ1) is 25.8. The smallest absolute Gasteiger partial charge is 0.142 e. The topological polar surface area (TPSA) is 33.7 Å². The molecule has 0 heterocycles. The molecule has 0 fully saturated rings. The molecule has 0 aliphatic rings. The van der Waals surface area contributed by atoms with E-state index in [9.17, 15) is 0 Å². The minimum absolute atomic E-state index is 0.776. The highest BCUT2D eigenvalue weighted by Crippen LogP contribution is 2.41. The maximum Gasteiger partial charge on any atom is 0.142 e. The van der Waals surface area contributed by atoms with Gasteiger partial charge < -0.3 is 19.7 Å². The van der Waals surface area contributed by atoms with Crippen molar-refractivity contribution in [2.45, 2.75) is 0 Å². The van der Waals surface area contributed by atoms with Crippen LogP contribution in [0, 0.1) is 0 Å². The first-order valence-corrected chi connectivity index (χ1v) is 13.6. The van der Waals surface area contributed by atoms with Crippen molar-refractivity contribution < 1.29 is 9.47 Å². The van der Waals surface area contributed by atoms with Gasteiger partial charge in [-0.25, -0.2) is 0 Å². The lowest BCUT2D eigenvalue weighted by Gasteiger charge is -2.28. The summed E-state index contributed by atoms with van der Waals surface area (Å²) in [6.07, 6.45) is 0. The zero-order chi connectivity index (χ0) is 27.9. The van der Waals surface area contributed by atoms with E-state index in [1.165, 1.54) is 5.46 Å². The standard InChI is InChI=1S/C36H29BN2O2/c37-33-15-7-8-16-34(33)38-35-17-9-10-18-36(35)39(27-19-23-31(24-20-27)40-29-11-3-1-4-12-29)28-21-25-32(26-22-28)41-30-13-5-2-6-14-30/h1-26,38H,37H2. The Bertz CT molecular complexity index is 1620. The minimum Gasteiger partial charge on any atom is -0.457 e. The molecule has 0 bridgehead atoms. The summed E-state index contributed by atoms with van der Waals surface area (Å²) in [5.74, 6) is 3.16. The van der Waals surface area contributed by atoms with Crippen molar-refractivity contribution in [2.24, 2.45) is 0 Å². The number of hydrogen-bond donors (Lipinski definition) is 1. The van der Waals surface area contributed by atoms with E-state index >= 15 is 0 Å². The molecular formula is C36H29BN2O2. The second-order valence-electron chi connectivity index (χ2n) is 9.61. The lowest BCUT2D eigenvalue weighted by Crippen LogP contribution is -2.14. The van der Waals surface area contributed by atoms with Crippen molar-refractivity contribution in [2.75, 3.05) is 10.2 Å². The fourth-order valence-electron chi connectivity index (χ4n) is 4.64. The lowest BCUT2D eigenvalue weighted by molar-refractivity contribution is 0.482. The number of rotatable bonds is 9. The van der Waals surface area contributed by atoms with E-state index in [1.807, 2.05) is 91.0 Å². The Balaban J connectivity index is 1.37. The third kappa shape index (κ3) is 6.26. The summed E-state index contributed by atoms with van der Waals surface area (Å²) in [4.78, 5) is 2.24. The van der Waals surface area contributed by atoms with Crippen LogP contribution in [0.1, 0.15) is 0 Å². The number of nitrogens with zero attached hydrogens (tertiary/aromatic N) is 1. The van der Waals surface area contributed by atoms with E-state index in [0.29, 0.717) is 0 Å². The predicted octanol–water partition coefficient (Wildman–Crippen LogP) is 8.74. The van der Waals surface area contributed by atoms with Gasteiger partial charge in [0.2, 0.25) is 0 Å². The Kier molecular flexibility index (Phi) is 7.68. The predicted molar refractivity (Wildman–Crippen MR) is 172 cm³/mol. The Morgan fingerprint density at radius 2 is 0.829 bits per heavy atom. The van der Waals surface area contributed by atoms with Gasteiger partial charge in [-0.1, -0.05) is 72.2 Å². The number of anilines is 5. The van der Waals surface area contributed by atoms with Crippen LogP contribution in [0.25, 0.3) is 0 Å². The van der Waals surface area contributed by atoms with Crippen LogP contribution in [0.15, 0.2) is 158 Å². The largest absolute Gasteiger partial charge is 0.457 e. The molecule has 41 heavy (non-hydrogen) atoms. The van der Waals surface area contributed by atoms with Crippen molar-refractivity contribution in [1.82, 2.24) is 0 Å². The summed E-state index contributed by atoms with van der Waals surface area (Å²) in [5, 5.41) is 3.66. The van der Waals surface area contributed by atoms with Crippen LogP contribution >= 0.6 is 0 Å². The molecule has 6 aromatic carbocycles. The summed E-state index contributed by atoms with van der Waals surface area (Å²) < 4.78 is 12.1. The van der Waals surface area contributed by atoms with E-state index in [0.717, 1.165) is 51.4 Å². The maximum atomic E-state index is 6.07. The highest BCUT2D eigenvalue weighted by Gasteiger charge is 2.17. The van der Waals surface area contributed by atoms with Crippen LogP contribution in [-0.2, 0) is 0 Å². The van der Waals surface area contributed by atoms with E-state index in [-0.39, 0.29) is 0 Å². The lowest BCUT2D eigenvalue weighted by atomic mass is 9.94. The van der Waals surface area contributed by atoms with Crippen LogP contribution in [0.3, 0.4) is 0 Å². The normalized spacial score (nSPS) is 10.5. The zero-order valence-corrected chi connectivity index (χ0v) is 22.8. The molecule has 6 aromatic rings. The first-order chi connectivity index (χ1) is 20.2. The molecule has 0 aromatic heterocycles. The molecule has 5 heteroatoms. The van der Waals surface area contributed by atoms with Gasteiger partial charge in [0, 0.05) is 17.1 Å². The van der Waals surface area contributed by atoms with Gasteiger partial charge in [-0.2, -0.15) is 0 Å². The molecule has 0 spiro atoms. The molecule has 0 aliphatic carbocycles. The zero-order valence-electron chi connectivity index (χ0n) is 22.8. The highest BCUT2D eigenvalue weighted by molar-refractivity contribution is 6.36. The molecule has 1 N–H and O–H groups in total. The van der Waals surface area contributed by atoms with Crippen LogP contribution in [0.4, 0.5) is 28.4 Å². The second-order valence-corrected chi connectivity index (χ2v) is 9.61. The summed E-state index contributed by atoms with van der Waals surface area (Å²) in [6.45, 7) is 0. The molecule has 4 nitrogen and oxygen atoms in total. The van der Waals surface area contributed by atoms with E-state index in [1.54, 1.807) is 0 Å². The summed E-state index contributed by atoms with van der Waals surface area (Å²) in [7, 11) is 2.11. The number of benzene rings is 6. The molecule has 0 atom stereocenters. The average Bonchev–Trinajstić information content (AvgIpc) is 3.02. The first-order valence-electron chi connectivity index (χ1n) is 13.6. The molecule has 198 valence electrons. The Morgan fingerprint density at radius 1 is 0.415 bits per heavy atom. The van der Waals surface area contributed by atoms with Crippen molar-refractivity contribution >= 4 is 41.7 Å². The monoisotopic (exact) mass is 532 g/mol. The van der Waals surface area contributed by atoms with Crippen molar-refractivity contribution in [3.05, 3.63) is 158 Å². The number of para-hydroxylation sites is 5. The van der Waals surface area contributed by atoms with Crippen molar-refractivity contribution in [3.8, 4) is 23.0 Å². The van der Waals surface area contributed by atoms with E-state index < -0.39 is 0 Å². The van der Waals surface area contributed by atoms with Gasteiger partial charge in [0.1, 0.15) is 30.8 Å². The Hall–Kier alpha value is -5.42. The van der Waals surface area contributed by atoms with Crippen LogP contribution in [-0.4, -0.2) is 7.85 Å². The number of hydrogen-bond acceptors (Lipinski definition) is 4. The molecule has 0 saturated heterocycles. The fraction of sp³-hybridized carbons (Fsp3) is 0. The third-order valence-electron chi connectivity index (χ3n) is 6.71. The molecule has 6 rings (SSSR count). The van der Waals surface area contributed by atoms with Crippen LogP contribution in [0.2, 0.25) is 0 Å². The van der Waals surface area contributed by atoms with Gasteiger partial charge in [0.15, 0.2) is 0 Å². The minimum atomic E-state index is 0.776. The van der Waals surface area contributed by atoms with E-state index in [4.69, 9.17) is 9.47 Å². The number of nitrogens with one attached hydrogen (secondary N) is 1. The summed E-state index contributed by atoms with van der Waals surface area (Å²) in [5.41, 5.74) is 6.26. The van der Waals surface area contributed by atoms with Crippen molar-refractivity contribution in [1.29, 1.82) is 0 Å². The van der Waals surface area contributed by atoms with Gasteiger partial charge in [0.05, 0.1) is 11.4 Å². The van der Waals surface area contributed by atoms with Gasteiger partial charge >= 0.3 is 0 Å². The van der Waals surface area contributed by atoms with Gasteiger partial charge in [-0.15, -0.1) is 0 Å². The fourth-order valence-corrected chi connectivity index (χ4v) is 4.64. The van der Waals surface area contributed by atoms with Gasteiger partial charge in [-0.3, -0.25) is 0 Å². The molecule has 0 radical (unpaired) electrons. The van der Waals surface area contributed by atoms with Crippen molar-refractivity contribution in [3.63, 3.8) is 0 Å². The third-order valence-corrected chi connectivity index (χ3v) is 6.71. The number of ether oxygens (including phenoxy) is 2. The summed E-state index contributed by atoms with van der Waals surface area (Å²) in [6, 6.07) is 52.6. The quantitative estimate of drug-likeness (QED) is 0.189. The Labute approximate surface area is 241 Å². The highest BCUT2D eigenvalue weighted by atomic mass is 16.5. The second kappa shape index (κ2) is 12.2. The molecule has 0 unspecified atom stereocenters. The maximum absolute atomic E-state index is 6.07. The van der Waals surface area contributed by atoms with Crippen LogP contribution in [0.5, 0.6) is 23.0 Å². The van der Waals surface area contributed by atoms with Gasteiger partial charge in [-0.05, 0) is 91.0 Å². The molecule has 0 saturated carbocycles. The average molecular weight is 532 g/mol. The Morgan fingerprint density at radius 3 is 1.34 bits per heavy atom. The SMILES string of the molecule is Bc1ccccc1Nc1ccccc1N(c1ccc(Oc2ccccc2)cc1)c1ccc(Oc2ccccc2)cc1. The van der Waals surface area contributed by atoms with Crippen LogP contribution < -0.4 is 25.2 Å². The molecular weight excluding hydrogens is 503 g/mol. The summed E-state index contributed by atoms with van der Waals surface area (Å²) >= 11 is 0. The molecule has 0 amide bonds.